The molecule has 17 heavy (non-hydrogen) atoms. The number of anilines is 1. The summed E-state index contributed by atoms with van der Waals surface area (Å²) >= 11 is 0. The SMILES string of the molecule is CC(O)CCNc1ncc([N+](=O)[O-])cc1C#N. The van der Waals surface area contributed by atoms with Gasteiger partial charge in [-0.05, 0) is 13.3 Å². The van der Waals surface area contributed by atoms with Gasteiger partial charge >= 0.3 is 0 Å². The number of aliphatic hydroxyl groups excluding tert-OH is 1. The molecule has 0 amide bonds. The molecular formula is C10H12N4O3. The van der Waals surface area contributed by atoms with Crippen molar-refractivity contribution in [1.29, 1.82) is 5.26 Å². The van der Waals surface area contributed by atoms with E-state index < -0.39 is 11.0 Å². The van der Waals surface area contributed by atoms with Gasteiger partial charge in [0, 0.05) is 12.6 Å². The van der Waals surface area contributed by atoms with Crippen molar-refractivity contribution in [2.24, 2.45) is 0 Å². The number of nitriles is 1. The van der Waals surface area contributed by atoms with E-state index in [1.165, 1.54) is 0 Å². The van der Waals surface area contributed by atoms with Gasteiger partial charge < -0.3 is 10.4 Å². The molecule has 1 aromatic rings. The normalized spacial score (nSPS) is 11.6. The molecule has 0 radical (unpaired) electrons. The summed E-state index contributed by atoms with van der Waals surface area (Å²) in [4.78, 5) is 13.7. The van der Waals surface area contributed by atoms with Crippen molar-refractivity contribution in [2.45, 2.75) is 19.4 Å². The molecular weight excluding hydrogens is 224 g/mol. The van der Waals surface area contributed by atoms with E-state index in [1.54, 1.807) is 6.92 Å². The molecule has 0 bridgehead atoms. The number of hydrogen-bond donors (Lipinski definition) is 2. The second-order valence-corrected chi connectivity index (χ2v) is 3.52. The van der Waals surface area contributed by atoms with E-state index in [9.17, 15) is 10.1 Å². The number of aromatic nitrogens is 1. The van der Waals surface area contributed by atoms with E-state index in [-0.39, 0.29) is 11.3 Å². The number of pyridine rings is 1. The van der Waals surface area contributed by atoms with Crippen molar-refractivity contribution in [1.82, 2.24) is 4.98 Å². The largest absolute Gasteiger partial charge is 0.393 e. The van der Waals surface area contributed by atoms with Crippen LogP contribution in [-0.4, -0.2) is 27.7 Å². The summed E-state index contributed by atoms with van der Waals surface area (Å²) in [5.74, 6) is 0.291. The molecule has 2 N–H and O–H groups in total. The number of rotatable bonds is 5. The second kappa shape index (κ2) is 5.77. The van der Waals surface area contributed by atoms with Crippen molar-refractivity contribution in [3.63, 3.8) is 0 Å². The molecule has 0 aromatic carbocycles. The van der Waals surface area contributed by atoms with Crippen molar-refractivity contribution < 1.29 is 10.0 Å². The molecule has 0 aliphatic heterocycles. The van der Waals surface area contributed by atoms with E-state index in [4.69, 9.17) is 10.4 Å². The summed E-state index contributed by atoms with van der Waals surface area (Å²) in [6, 6.07) is 3.00. The summed E-state index contributed by atoms with van der Waals surface area (Å²) in [5.41, 5.74) is -0.104. The van der Waals surface area contributed by atoms with Crippen LogP contribution >= 0.6 is 0 Å². The van der Waals surface area contributed by atoms with E-state index >= 15 is 0 Å². The Labute approximate surface area is 97.9 Å². The Hall–Kier alpha value is -2.20. The first kappa shape index (κ1) is 12.9. The Balaban J connectivity index is 2.79. The molecule has 0 aliphatic carbocycles. The molecule has 0 saturated carbocycles. The molecule has 7 nitrogen and oxygen atoms in total. The number of nitrogens with zero attached hydrogens (tertiary/aromatic N) is 3. The predicted molar refractivity (Wildman–Crippen MR) is 60.4 cm³/mol. The lowest BCUT2D eigenvalue weighted by atomic mass is 10.2. The van der Waals surface area contributed by atoms with E-state index in [1.807, 2.05) is 6.07 Å². The highest BCUT2D eigenvalue weighted by molar-refractivity contribution is 5.55. The van der Waals surface area contributed by atoms with Crippen LogP contribution in [0.4, 0.5) is 11.5 Å². The first-order valence-electron chi connectivity index (χ1n) is 5.01. The van der Waals surface area contributed by atoms with Gasteiger partial charge in [0.2, 0.25) is 0 Å². The van der Waals surface area contributed by atoms with Crippen LogP contribution < -0.4 is 5.32 Å². The molecule has 1 aromatic heterocycles. The van der Waals surface area contributed by atoms with Crippen LogP contribution in [0.25, 0.3) is 0 Å². The zero-order valence-corrected chi connectivity index (χ0v) is 9.25. The molecule has 0 spiro atoms. The third-order valence-corrected chi connectivity index (χ3v) is 2.06. The highest BCUT2D eigenvalue weighted by Gasteiger charge is 2.11. The Morgan fingerprint density at radius 2 is 2.47 bits per heavy atom. The second-order valence-electron chi connectivity index (χ2n) is 3.52. The van der Waals surface area contributed by atoms with Crippen LogP contribution in [0.1, 0.15) is 18.9 Å². The topological polar surface area (TPSA) is 112 Å². The molecule has 1 heterocycles. The number of aliphatic hydroxyl groups is 1. The average molecular weight is 236 g/mol. The molecule has 1 rings (SSSR count). The maximum absolute atomic E-state index is 10.5. The lowest BCUT2D eigenvalue weighted by Crippen LogP contribution is -2.11. The third-order valence-electron chi connectivity index (χ3n) is 2.06. The van der Waals surface area contributed by atoms with Crippen molar-refractivity contribution >= 4 is 11.5 Å². The van der Waals surface area contributed by atoms with Gasteiger partial charge in [0.05, 0.1) is 11.0 Å². The number of nitro groups is 1. The van der Waals surface area contributed by atoms with Gasteiger partial charge in [-0.25, -0.2) is 4.98 Å². The standard InChI is InChI=1S/C10H12N4O3/c1-7(15)2-3-12-10-8(5-11)4-9(6-13-10)14(16)17/h4,6-7,15H,2-3H2,1H3,(H,12,13). The molecule has 90 valence electrons. The minimum Gasteiger partial charge on any atom is -0.393 e. The quantitative estimate of drug-likeness (QED) is 0.583. The van der Waals surface area contributed by atoms with E-state index in [0.717, 1.165) is 12.3 Å². The maximum atomic E-state index is 10.5. The molecule has 0 saturated heterocycles. The minimum absolute atomic E-state index is 0.116. The van der Waals surface area contributed by atoms with Crippen LogP contribution in [-0.2, 0) is 0 Å². The highest BCUT2D eigenvalue weighted by Crippen LogP contribution is 2.18. The van der Waals surface area contributed by atoms with E-state index in [0.29, 0.717) is 18.8 Å². The number of nitrogens with one attached hydrogen (secondary N) is 1. The fraction of sp³-hybridized carbons (Fsp3) is 0.400. The summed E-state index contributed by atoms with van der Waals surface area (Å²) in [5, 5.41) is 31.2. The molecule has 1 unspecified atom stereocenters. The lowest BCUT2D eigenvalue weighted by molar-refractivity contribution is -0.385. The summed E-state index contributed by atoms with van der Waals surface area (Å²) in [6.07, 6.45) is 1.14. The molecule has 0 fully saturated rings. The van der Waals surface area contributed by atoms with Gasteiger partial charge in [-0.3, -0.25) is 10.1 Å². The van der Waals surface area contributed by atoms with Crippen LogP contribution in [0.3, 0.4) is 0 Å². The van der Waals surface area contributed by atoms with Crippen LogP contribution in [0.15, 0.2) is 12.3 Å². The third kappa shape index (κ3) is 3.70. The summed E-state index contributed by atoms with van der Waals surface area (Å²) < 4.78 is 0. The van der Waals surface area contributed by atoms with E-state index in [2.05, 4.69) is 10.3 Å². The Morgan fingerprint density at radius 1 is 1.76 bits per heavy atom. The monoisotopic (exact) mass is 236 g/mol. The Bertz CT molecular complexity index is 453. The van der Waals surface area contributed by atoms with Crippen molar-refractivity contribution in [2.75, 3.05) is 11.9 Å². The van der Waals surface area contributed by atoms with Gasteiger partial charge in [-0.2, -0.15) is 5.26 Å². The zero-order chi connectivity index (χ0) is 12.8. The van der Waals surface area contributed by atoms with Gasteiger partial charge in [-0.15, -0.1) is 0 Å². The maximum Gasteiger partial charge on any atom is 0.289 e. The van der Waals surface area contributed by atoms with Gasteiger partial charge in [0.25, 0.3) is 5.69 Å². The van der Waals surface area contributed by atoms with Crippen molar-refractivity contribution in [3.05, 3.63) is 27.9 Å². The first-order chi connectivity index (χ1) is 8.04. The van der Waals surface area contributed by atoms with Gasteiger partial charge in [0.15, 0.2) is 0 Å². The minimum atomic E-state index is -0.604. The lowest BCUT2D eigenvalue weighted by Gasteiger charge is -2.07. The fourth-order valence-electron chi connectivity index (χ4n) is 1.18. The van der Waals surface area contributed by atoms with Gasteiger partial charge in [-0.1, -0.05) is 0 Å². The molecule has 7 heteroatoms. The van der Waals surface area contributed by atoms with Crippen molar-refractivity contribution in [3.8, 4) is 6.07 Å². The fourth-order valence-corrected chi connectivity index (χ4v) is 1.18. The van der Waals surface area contributed by atoms with Gasteiger partial charge in [0.1, 0.15) is 23.6 Å². The number of hydrogen-bond acceptors (Lipinski definition) is 6. The highest BCUT2D eigenvalue weighted by atomic mass is 16.6. The predicted octanol–water partition coefficient (Wildman–Crippen LogP) is 1.04. The van der Waals surface area contributed by atoms with Crippen LogP contribution in [0, 0.1) is 21.4 Å². The Kier molecular flexibility index (Phi) is 4.37. The first-order valence-corrected chi connectivity index (χ1v) is 5.01. The average Bonchev–Trinajstić information content (AvgIpc) is 2.28. The Morgan fingerprint density at radius 3 is 3.00 bits per heavy atom. The molecule has 1 atom stereocenters. The van der Waals surface area contributed by atoms with Crippen LogP contribution in [0.5, 0.6) is 0 Å². The zero-order valence-electron chi connectivity index (χ0n) is 9.25. The summed E-state index contributed by atoms with van der Waals surface area (Å²) in [7, 11) is 0. The molecule has 0 aliphatic rings. The summed E-state index contributed by atoms with van der Waals surface area (Å²) in [6.45, 7) is 2.09. The smallest absolute Gasteiger partial charge is 0.289 e. The van der Waals surface area contributed by atoms with Crippen LogP contribution in [0.2, 0.25) is 0 Å².